The summed E-state index contributed by atoms with van der Waals surface area (Å²) >= 11 is 1.66. The first kappa shape index (κ1) is 18.4. The number of oxazole rings is 1. The number of hydrogen-bond acceptors (Lipinski definition) is 6. The Labute approximate surface area is 168 Å². The number of aromatic nitrogens is 2. The molecule has 0 amide bonds. The van der Waals surface area contributed by atoms with Crippen LogP contribution in [0.2, 0.25) is 0 Å². The molecule has 0 N–H and O–H groups in total. The van der Waals surface area contributed by atoms with Crippen molar-refractivity contribution in [3.63, 3.8) is 0 Å². The molecule has 2 aromatic heterocycles. The molecule has 0 spiro atoms. The molecule has 0 saturated heterocycles. The van der Waals surface area contributed by atoms with Crippen molar-refractivity contribution < 1.29 is 9.15 Å². The van der Waals surface area contributed by atoms with Crippen LogP contribution >= 0.6 is 11.3 Å². The highest BCUT2D eigenvalue weighted by atomic mass is 32.1. The Morgan fingerprint density at radius 3 is 2.64 bits per heavy atom. The minimum Gasteiger partial charge on any atom is -0.457 e. The summed E-state index contributed by atoms with van der Waals surface area (Å²) in [6.07, 6.45) is 1.83. The van der Waals surface area contributed by atoms with Crippen LogP contribution in [0.5, 0.6) is 11.5 Å². The fourth-order valence-electron chi connectivity index (χ4n) is 2.89. The first-order valence-electron chi connectivity index (χ1n) is 9.04. The number of hydrogen-bond donors (Lipinski definition) is 0. The van der Waals surface area contributed by atoms with Gasteiger partial charge in [0.05, 0.1) is 12.2 Å². The van der Waals surface area contributed by atoms with Crippen molar-refractivity contribution in [2.24, 2.45) is 0 Å². The van der Waals surface area contributed by atoms with Gasteiger partial charge in [0.15, 0.2) is 0 Å². The SMILES string of the molecule is Cc1oc(-c2cccc(Oc3ccccc3)c2)nc1CN(C)Cc1nccs1. The Bertz CT molecular complexity index is 1030. The highest BCUT2D eigenvalue weighted by Crippen LogP contribution is 2.28. The Morgan fingerprint density at radius 2 is 1.86 bits per heavy atom. The fraction of sp³-hybridized carbons (Fsp3) is 0.182. The van der Waals surface area contributed by atoms with E-state index in [4.69, 9.17) is 14.1 Å². The summed E-state index contributed by atoms with van der Waals surface area (Å²) in [6, 6.07) is 17.5. The molecule has 28 heavy (non-hydrogen) atoms. The Kier molecular flexibility index (Phi) is 5.50. The minimum atomic E-state index is 0.605. The number of benzene rings is 2. The standard InChI is InChI=1S/C22H21N3O2S/c1-16-20(14-25(2)15-21-23-11-12-28-21)24-22(26-16)17-7-6-10-19(13-17)27-18-8-4-3-5-9-18/h3-13H,14-15H2,1-2H3. The molecule has 0 atom stereocenters. The molecule has 0 unspecified atom stereocenters. The van der Waals surface area contributed by atoms with E-state index in [1.807, 2.05) is 73.1 Å². The average molecular weight is 391 g/mol. The maximum Gasteiger partial charge on any atom is 0.226 e. The fourth-order valence-corrected chi connectivity index (χ4v) is 3.58. The van der Waals surface area contributed by atoms with Crippen molar-refractivity contribution in [2.75, 3.05) is 7.05 Å². The second kappa shape index (κ2) is 8.37. The third-order valence-electron chi connectivity index (χ3n) is 4.26. The van der Waals surface area contributed by atoms with Crippen LogP contribution in [0.3, 0.4) is 0 Å². The predicted octanol–water partition coefficient (Wildman–Crippen LogP) is 5.53. The van der Waals surface area contributed by atoms with Crippen LogP contribution in [0.4, 0.5) is 0 Å². The maximum absolute atomic E-state index is 5.94. The maximum atomic E-state index is 5.94. The van der Waals surface area contributed by atoms with Crippen molar-refractivity contribution in [3.05, 3.63) is 82.6 Å². The molecule has 2 aromatic carbocycles. The summed E-state index contributed by atoms with van der Waals surface area (Å²) < 4.78 is 11.9. The largest absolute Gasteiger partial charge is 0.457 e. The lowest BCUT2D eigenvalue weighted by molar-refractivity contribution is 0.313. The summed E-state index contributed by atoms with van der Waals surface area (Å²) in [5.74, 6) is 2.98. The molecule has 0 aliphatic rings. The predicted molar refractivity (Wildman–Crippen MR) is 110 cm³/mol. The van der Waals surface area contributed by atoms with Gasteiger partial charge in [0.2, 0.25) is 5.89 Å². The van der Waals surface area contributed by atoms with E-state index in [1.54, 1.807) is 11.3 Å². The smallest absolute Gasteiger partial charge is 0.226 e. The molecule has 6 heteroatoms. The van der Waals surface area contributed by atoms with E-state index < -0.39 is 0 Å². The second-order valence-corrected chi connectivity index (χ2v) is 7.54. The molecule has 0 radical (unpaired) electrons. The first-order valence-corrected chi connectivity index (χ1v) is 9.92. The Balaban J connectivity index is 1.49. The van der Waals surface area contributed by atoms with Gasteiger partial charge in [-0.15, -0.1) is 11.3 Å². The van der Waals surface area contributed by atoms with Gasteiger partial charge in [-0.3, -0.25) is 4.90 Å². The molecule has 5 nitrogen and oxygen atoms in total. The van der Waals surface area contributed by atoms with E-state index in [9.17, 15) is 0 Å². The number of nitrogens with zero attached hydrogens (tertiary/aromatic N) is 3. The van der Waals surface area contributed by atoms with E-state index in [0.29, 0.717) is 12.4 Å². The molecule has 4 rings (SSSR count). The van der Waals surface area contributed by atoms with Gasteiger partial charge in [0.1, 0.15) is 22.3 Å². The lowest BCUT2D eigenvalue weighted by Gasteiger charge is -2.13. The zero-order valence-electron chi connectivity index (χ0n) is 15.8. The van der Waals surface area contributed by atoms with E-state index in [0.717, 1.165) is 40.1 Å². The molecule has 0 saturated carbocycles. The molecule has 0 aliphatic carbocycles. The minimum absolute atomic E-state index is 0.605. The Hall–Kier alpha value is -2.96. The molecule has 0 bridgehead atoms. The van der Waals surface area contributed by atoms with Gasteiger partial charge in [-0.25, -0.2) is 9.97 Å². The number of ether oxygens (including phenoxy) is 1. The Morgan fingerprint density at radius 1 is 1.04 bits per heavy atom. The first-order chi connectivity index (χ1) is 13.7. The molecular formula is C22H21N3O2S. The molecular weight excluding hydrogens is 370 g/mol. The van der Waals surface area contributed by atoms with Crippen LogP contribution in [-0.2, 0) is 13.1 Å². The van der Waals surface area contributed by atoms with Crippen LogP contribution in [0.25, 0.3) is 11.5 Å². The van der Waals surface area contributed by atoms with Crippen LogP contribution in [0.15, 0.2) is 70.6 Å². The quantitative estimate of drug-likeness (QED) is 0.414. The third-order valence-corrected chi connectivity index (χ3v) is 5.03. The van der Waals surface area contributed by atoms with E-state index in [-0.39, 0.29) is 0 Å². The van der Waals surface area contributed by atoms with Crippen LogP contribution in [-0.4, -0.2) is 21.9 Å². The molecule has 2 heterocycles. The van der Waals surface area contributed by atoms with Crippen molar-refractivity contribution in [3.8, 4) is 23.0 Å². The van der Waals surface area contributed by atoms with Crippen molar-refractivity contribution >= 4 is 11.3 Å². The van der Waals surface area contributed by atoms with Crippen LogP contribution in [0, 0.1) is 6.92 Å². The van der Waals surface area contributed by atoms with Gasteiger partial charge in [-0.2, -0.15) is 0 Å². The van der Waals surface area contributed by atoms with Gasteiger partial charge in [0, 0.05) is 23.7 Å². The van der Waals surface area contributed by atoms with Gasteiger partial charge in [0.25, 0.3) is 0 Å². The van der Waals surface area contributed by atoms with Crippen molar-refractivity contribution in [1.82, 2.24) is 14.9 Å². The van der Waals surface area contributed by atoms with Crippen molar-refractivity contribution in [2.45, 2.75) is 20.0 Å². The molecule has 142 valence electrons. The zero-order valence-corrected chi connectivity index (χ0v) is 16.6. The molecule has 0 aliphatic heterocycles. The summed E-state index contributed by atoms with van der Waals surface area (Å²) in [7, 11) is 2.06. The van der Waals surface area contributed by atoms with Gasteiger partial charge < -0.3 is 9.15 Å². The lowest BCUT2D eigenvalue weighted by Crippen LogP contribution is -2.17. The average Bonchev–Trinajstić information content (AvgIpc) is 3.33. The number of para-hydroxylation sites is 1. The van der Waals surface area contributed by atoms with Crippen LogP contribution < -0.4 is 4.74 Å². The zero-order chi connectivity index (χ0) is 19.3. The van der Waals surface area contributed by atoms with E-state index >= 15 is 0 Å². The summed E-state index contributed by atoms with van der Waals surface area (Å²) in [6.45, 7) is 3.45. The molecule has 4 aromatic rings. The normalized spacial score (nSPS) is 11.1. The number of thiazole rings is 1. The van der Waals surface area contributed by atoms with E-state index in [1.165, 1.54) is 0 Å². The van der Waals surface area contributed by atoms with Crippen molar-refractivity contribution in [1.29, 1.82) is 0 Å². The lowest BCUT2D eigenvalue weighted by atomic mass is 10.2. The number of aryl methyl sites for hydroxylation is 1. The van der Waals surface area contributed by atoms with E-state index in [2.05, 4.69) is 16.9 Å². The number of rotatable bonds is 7. The van der Waals surface area contributed by atoms with Gasteiger partial charge in [-0.05, 0) is 44.3 Å². The molecule has 0 fully saturated rings. The summed E-state index contributed by atoms with van der Waals surface area (Å²) in [5.41, 5.74) is 1.83. The summed E-state index contributed by atoms with van der Waals surface area (Å²) in [5, 5.41) is 3.09. The highest BCUT2D eigenvalue weighted by molar-refractivity contribution is 7.09. The third kappa shape index (κ3) is 4.47. The highest BCUT2D eigenvalue weighted by Gasteiger charge is 2.14. The van der Waals surface area contributed by atoms with Gasteiger partial charge >= 0.3 is 0 Å². The second-order valence-electron chi connectivity index (χ2n) is 6.56. The topological polar surface area (TPSA) is 51.4 Å². The van der Waals surface area contributed by atoms with Crippen LogP contribution in [0.1, 0.15) is 16.5 Å². The monoisotopic (exact) mass is 391 g/mol. The summed E-state index contributed by atoms with van der Waals surface area (Å²) in [4.78, 5) is 11.2. The van der Waals surface area contributed by atoms with Gasteiger partial charge in [-0.1, -0.05) is 24.3 Å².